The van der Waals surface area contributed by atoms with E-state index in [4.69, 9.17) is 0 Å². The summed E-state index contributed by atoms with van der Waals surface area (Å²) in [5.41, 5.74) is -0.413. The van der Waals surface area contributed by atoms with E-state index in [1.54, 1.807) is 0 Å². The van der Waals surface area contributed by atoms with Gasteiger partial charge in [0.25, 0.3) is 0 Å². The van der Waals surface area contributed by atoms with E-state index in [0.29, 0.717) is 6.04 Å². The number of piperidine rings is 1. The number of hydrogen-bond acceptors (Lipinski definition) is 2. The largest absolute Gasteiger partial charge is 0.388 e. The van der Waals surface area contributed by atoms with Gasteiger partial charge in [-0.25, -0.2) is 0 Å². The minimum absolute atomic E-state index is 0.363. The van der Waals surface area contributed by atoms with E-state index in [1.807, 2.05) is 0 Å². The van der Waals surface area contributed by atoms with Crippen LogP contribution in [0.2, 0.25) is 0 Å². The van der Waals surface area contributed by atoms with Gasteiger partial charge in [-0.1, -0.05) is 33.1 Å². The second-order valence-electron chi connectivity index (χ2n) is 6.54. The van der Waals surface area contributed by atoms with Crippen molar-refractivity contribution in [1.82, 2.24) is 5.32 Å². The molecule has 2 rings (SSSR count). The molecule has 3 atom stereocenters. The van der Waals surface area contributed by atoms with Crippen LogP contribution in [0.15, 0.2) is 0 Å². The van der Waals surface area contributed by atoms with E-state index in [1.165, 1.54) is 38.5 Å². The molecular formula is C15H29NO. The summed E-state index contributed by atoms with van der Waals surface area (Å²) in [7, 11) is 0. The van der Waals surface area contributed by atoms with E-state index < -0.39 is 5.60 Å². The van der Waals surface area contributed by atoms with Crippen molar-refractivity contribution in [2.24, 2.45) is 11.8 Å². The molecule has 0 aromatic rings. The summed E-state index contributed by atoms with van der Waals surface area (Å²) >= 11 is 0. The van der Waals surface area contributed by atoms with Crippen LogP contribution in [0.4, 0.5) is 0 Å². The molecule has 2 aliphatic rings. The van der Waals surface area contributed by atoms with Crippen LogP contribution in [0.5, 0.6) is 0 Å². The highest BCUT2D eigenvalue weighted by molar-refractivity contribution is 4.95. The van der Waals surface area contributed by atoms with Crippen LogP contribution < -0.4 is 5.32 Å². The van der Waals surface area contributed by atoms with E-state index in [-0.39, 0.29) is 0 Å². The van der Waals surface area contributed by atoms with Crippen molar-refractivity contribution in [2.45, 2.75) is 76.9 Å². The van der Waals surface area contributed by atoms with Crippen molar-refractivity contribution in [3.63, 3.8) is 0 Å². The molecule has 2 heteroatoms. The number of nitrogens with one attached hydrogen (secondary N) is 1. The van der Waals surface area contributed by atoms with Gasteiger partial charge in [0.05, 0.1) is 5.60 Å². The summed E-state index contributed by atoms with van der Waals surface area (Å²) < 4.78 is 0. The van der Waals surface area contributed by atoms with E-state index in [0.717, 1.165) is 31.2 Å². The molecule has 1 saturated heterocycles. The van der Waals surface area contributed by atoms with Gasteiger partial charge in [0, 0.05) is 6.04 Å². The van der Waals surface area contributed by atoms with E-state index >= 15 is 0 Å². The van der Waals surface area contributed by atoms with Gasteiger partial charge in [0.1, 0.15) is 0 Å². The molecule has 2 nitrogen and oxygen atoms in total. The summed E-state index contributed by atoms with van der Waals surface area (Å²) in [6.07, 6.45) is 9.48. The molecule has 0 spiro atoms. The molecule has 1 aliphatic carbocycles. The standard InChI is InChI=1S/C15H29NO/c1-12(2)13-6-5-9-15(17,10-8-13)14-7-3-4-11-16-14/h12-14,16-17H,3-11H2,1-2H3. The van der Waals surface area contributed by atoms with Crippen LogP contribution in [0.1, 0.15) is 65.2 Å². The number of rotatable bonds is 2. The SMILES string of the molecule is CC(C)C1CCCC(O)(C2CCCCN2)CC1. The number of hydrogen-bond donors (Lipinski definition) is 2. The fraction of sp³-hybridized carbons (Fsp3) is 1.00. The normalized spacial score (nSPS) is 40.2. The Kier molecular flexibility index (Phi) is 4.48. The zero-order chi connectivity index (χ0) is 12.3. The van der Waals surface area contributed by atoms with Crippen molar-refractivity contribution >= 4 is 0 Å². The Morgan fingerprint density at radius 2 is 1.88 bits per heavy atom. The van der Waals surface area contributed by atoms with Crippen LogP contribution >= 0.6 is 0 Å². The summed E-state index contributed by atoms with van der Waals surface area (Å²) in [6.45, 7) is 5.75. The molecule has 0 bridgehead atoms. The second kappa shape index (κ2) is 5.71. The Bertz CT molecular complexity index is 235. The maximum Gasteiger partial charge on any atom is 0.0800 e. The molecule has 1 saturated carbocycles. The summed E-state index contributed by atoms with van der Waals surface area (Å²) in [5.74, 6) is 1.60. The lowest BCUT2D eigenvalue weighted by atomic mass is 9.81. The first-order chi connectivity index (χ1) is 8.12. The Balaban J connectivity index is 1.95. The molecular weight excluding hydrogens is 210 g/mol. The lowest BCUT2D eigenvalue weighted by Gasteiger charge is -2.39. The predicted molar refractivity (Wildman–Crippen MR) is 72.0 cm³/mol. The van der Waals surface area contributed by atoms with Crippen LogP contribution in [0.3, 0.4) is 0 Å². The third-order valence-corrected chi connectivity index (χ3v) is 5.03. The molecule has 0 aromatic heterocycles. The van der Waals surface area contributed by atoms with Gasteiger partial charge < -0.3 is 10.4 Å². The van der Waals surface area contributed by atoms with Crippen molar-refractivity contribution in [3.05, 3.63) is 0 Å². The molecule has 100 valence electrons. The minimum Gasteiger partial charge on any atom is -0.388 e. The second-order valence-corrected chi connectivity index (χ2v) is 6.54. The van der Waals surface area contributed by atoms with Crippen molar-refractivity contribution < 1.29 is 5.11 Å². The molecule has 1 heterocycles. The zero-order valence-corrected chi connectivity index (χ0v) is 11.5. The van der Waals surface area contributed by atoms with E-state index in [9.17, 15) is 5.11 Å². The third kappa shape index (κ3) is 3.23. The highest BCUT2D eigenvalue weighted by Gasteiger charge is 2.39. The van der Waals surface area contributed by atoms with Crippen LogP contribution in [0, 0.1) is 11.8 Å². The van der Waals surface area contributed by atoms with Crippen molar-refractivity contribution in [1.29, 1.82) is 0 Å². The molecule has 0 amide bonds. The van der Waals surface area contributed by atoms with Gasteiger partial charge in [-0.3, -0.25) is 0 Å². The van der Waals surface area contributed by atoms with Crippen LogP contribution in [-0.2, 0) is 0 Å². The highest BCUT2D eigenvalue weighted by Crippen LogP contribution is 2.37. The molecule has 17 heavy (non-hydrogen) atoms. The first-order valence-electron chi connectivity index (χ1n) is 7.57. The van der Waals surface area contributed by atoms with Gasteiger partial charge in [-0.05, 0) is 50.5 Å². The molecule has 0 aromatic carbocycles. The lowest BCUT2D eigenvalue weighted by molar-refractivity contribution is -0.0214. The number of aliphatic hydroxyl groups is 1. The van der Waals surface area contributed by atoms with Gasteiger partial charge >= 0.3 is 0 Å². The fourth-order valence-electron chi connectivity index (χ4n) is 3.70. The third-order valence-electron chi connectivity index (χ3n) is 5.03. The van der Waals surface area contributed by atoms with Crippen molar-refractivity contribution in [2.75, 3.05) is 6.54 Å². The van der Waals surface area contributed by atoms with Gasteiger partial charge in [-0.15, -0.1) is 0 Å². The predicted octanol–water partition coefficient (Wildman–Crippen LogP) is 3.10. The van der Waals surface area contributed by atoms with Crippen LogP contribution in [-0.4, -0.2) is 23.3 Å². The fourth-order valence-corrected chi connectivity index (χ4v) is 3.70. The van der Waals surface area contributed by atoms with Gasteiger partial charge in [-0.2, -0.15) is 0 Å². The average molecular weight is 239 g/mol. The Morgan fingerprint density at radius 1 is 1.06 bits per heavy atom. The summed E-state index contributed by atoms with van der Waals surface area (Å²) in [5, 5.41) is 14.5. The molecule has 2 N–H and O–H groups in total. The molecule has 2 fully saturated rings. The Morgan fingerprint density at radius 3 is 2.53 bits per heavy atom. The monoisotopic (exact) mass is 239 g/mol. The topological polar surface area (TPSA) is 32.3 Å². The first kappa shape index (κ1) is 13.4. The smallest absolute Gasteiger partial charge is 0.0800 e. The zero-order valence-electron chi connectivity index (χ0n) is 11.5. The lowest BCUT2D eigenvalue weighted by Crippen LogP contribution is -2.52. The summed E-state index contributed by atoms with van der Waals surface area (Å²) in [4.78, 5) is 0. The van der Waals surface area contributed by atoms with Gasteiger partial charge in [0.15, 0.2) is 0 Å². The molecule has 3 unspecified atom stereocenters. The first-order valence-corrected chi connectivity index (χ1v) is 7.57. The molecule has 0 radical (unpaired) electrons. The summed E-state index contributed by atoms with van der Waals surface area (Å²) in [6, 6.07) is 0.363. The van der Waals surface area contributed by atoms with Crippen molar-refractivity contribution in [3.8, 4) is 0 Å². The Labute approximate surface area is 106 Å². The Hall–Kier alpha value is -0.0800. The van der Waals surface area contributed by atoms with E-state index in [2.05, 4.69) is 19.2 Å². The average Bonchev–Trinajstić information content (AvgIpc) is 2.54. The van der Waals surface area contributed by atoms with Crippen LogP contribution in [0.25, 0.3) is 0 Å². The quantitative estimate of drug-likeness (QED) is 0.726. The molecule has 1 aliphatic heterocycles. The maximum atomic E-state index is 10.9. The van der Waals surface area contributed by atoms with Gasteiger partial charge in [0.2, 0.25) is 0 Å². The maximum absolute atomic E-state index is 10.9. The highest BCUT2D eigenvalue weighted by atomic mass is 16.3. The minimum atomic E-state index is -0.413.